The highest BCUT2D eigenvalue weighted by Crippen LogP contribution is 2.27. The minimum atomic E-state index is -3.62. The maximum atomic E-state index is 13.2. The Balaban J connectivity index is 1.86. The van der Waals surface area contributed by atoms with Crippen molar-refractivity contribution in [2.75, 3.05) is 27.2 Å². The van der Waals surface area contributed by atoms with E-state index in [-0.39, 0.29) is 10.8 Å². The van der Waals surface area contributed by atoms with Crippen LogP contribution in [0.25, 0.3) is 0 Å². The summed E-state index contributed by atoms with van der Waals surface area (Å²) in [5, 5.41) is 0. The van der Waals surface area contributed by atoms with Crippen molar-refractivity contribution in [3.05, 3.63) is 52.3 Å². The van der Waals surface area contributed by atoms with Crippen LogP contribution in [0.5, 0.6) is 5.75 Å². The van der Waals surface area contributed by atoms with Crippen LogP contribution in [-0.2, 0) is 16.6 Å². The first-order valence-electron chi connectivity index (χ1n) is 10.5. The second-order valence-corrected chi connectivity index (χ2v) is 10.1. The number of amides is 1. The average Bonchev–Trinajstić information content (AvgIpc) is 2.76. The topological polar surface area (TPSA) is 79.8 Å². The molecule has 1 aromatic heterocycles. The molecule has 0 saturated carbocycles. The molecule has 0 radical (unpaired) electrons. The number of aromatic nitrogens is 1. The van der Waals surface area contributed by atoms with Gasteiger partial charge < -0.3 is 9.64 Å². The number of sulfonamides is 1. The molecule has 1 saturated heterocycles. The fourth-order valence-electron chi connectivity index (χ4n) is 4.00. The number of methoxy groups -OCH3 is 1. The van der Waals surface area contributed by atoms with E-state index in [1.165, 1.54) is 10.4 Å². The number of nitrogens with zero attached hydrogens (tertiary/aromatic N) is 3. The maximum Gasteiger partial charge on any atom is 0.253 e. The van der Waals surface area contributed by atoms with Gasteiger partial charge in [-0.15, -0.1) is 0 Å². The minimum Gasteiger partial charge on any atom is -0.496 e. The van der Waals surface area contributed by atoms with E-state index in [0.717, 1.165) is 41.8 Å². The molecule has 0 atom stereocenters. The summed E-state index contributed by atoms with van der Waals surface area (Å²) >= 11 is 0. The number of piperidine rings is 1. The first kappa shape index (κ1) is 23.2. The molecular weight excluding hydrogens is 414 g/mol. The number of ether oxygens (including phenoxy) is 1. The Bertz CT molecular complexity index is 1080. The summed E-state index contributed by atoms with van der Waals surface area (Å²) in [6.07, 6.45) is 4.51. The van der Waals surface area contributed by atoms with Crippen LogP contribution in [-0.4, -0.2) is 55.8 Å². The van der Waals surface area contributed by atoms with Gasteiger partial charge in [-0.25, -0.2) is 8.42 Å². The van der Waals surface area contributed by atoms with Crippen molar-refractivity contribution < 1.29 is 17.9 Å². The zero-order valence-corrected chi connectivity index (χ0v) is 19.8. The highest BCUT2D eigenvalue weighted by molar-refractivity contribution is 7.89. The van der Waals surface area contributed by atoms with Crippen LogP contribution < -0.4 is 4.74 Å². The smallest absolute Gasteiger partial charge is 0.253 e. The largest absolute Gasteiger partial charge is 0.496 e. The number of hydrogen-bond donors (Lipinski definition) is 0. The average molecular weight is 446 g/mol. The molecule has 2 heterocycles. The molecule has 1 aliphatic heterocycles. The molecule has 1 amide bonds. The molecular formula is C23H31N3O4S. The third-order valence-corrected chi connectivity index (χ3v) is 7.89. The predicted octanol–water partition coefficient (Wildman–Crippen LogP) is 3.46. The van der Waals surface area contributed by atoms with Gasteiger partial charge in [-0.2, -0.15) is 4.31 Å². The lowest BCUT2D eigenvalue weighted by molar-refractivity contribution is 0.0783. The van der Waals surface area contributed by atoms with Crippen LogP contribution in [0.4, 0.5) is 0 Å². The van der Waals surface area contributed by atoms with E-state index >= 15 is 0 Å². The highest BCUT2D eigenvalue weighted by Gasteiger charge is 2.28. The Hall–Kier alpha value is -2.45. The lowest BCUT2D eigenvalue weighted by Crippen LogP contribution is -2.36. The number of benzene rings is 1. The van der Waals surface area contributed by atoms with Crippen LogP contribution in [0.1, 0.15) is 52.0 Å². The van der Waals surface area contributed by atoms with Gasteiger partial charge in [0.15, 0.2) is 0 Å². The Labute approximate surface area is 185 Å². The number of hydrogen-bond acceptors (Lipinski definition) is 5. The summed E-state index contributed by atoms with van der Waals surface area (Å²) in [4.78, 5) is 19.3. The van der Waals surface area contributed by atoms with Crippen molar-refractivity contribution in [2.24, 2.45) is 0 Å². The van der Waals surface area contributed by atoms with E-state index in [1.54, 1.807) is 44.3 Å². The van der Waals surface area contributed by atoms with Gasteiger partial charge in [0, 0.05) is 43.0 Å². The Kier molecular flexibility index (Phi) is 7.01. The van der Waals surface area contributed by atoms with Gasteiger partial charge in [-0.3, -0.25) is 9.78 Å². The Morgan fingerprint density at radius 3 is 2.45 bits per heavy atom. The van der Waals surface area contributed by atoms with Gasteiger partial charge in [0.25, 0.3) is 5.91 Å². The molecule has 1 aromatic carbocycles. The van der Waals surface area contributed by atoms with E-state index in [0.29, 0.717) is 30.8 Å². The van der Waals surface area contributed by atoms with Gasteiger partial charge in [0.05, 0.1) is 24.2 Å². The number of rotatable bonds is 6. The van der Waals surface area contributed by atoms with Gasteiger partial charge >= 0.3 is 0 Å². The molecule has 2 aromatic rings. The quantitative estimate of drug-likeness (QED) is 0.680. The number of carbonyl (C=O) groups excluding carboxylic acids is 1. The van der Waals surface area contributed by atoms with Crippen LogP contribution in [0.2, 0.25) is 0 Å². The fourth-order valence-corrected chi connectivity index (χ4v) is 5.77. The van der Waals surface area contributed by atoms with Gasteiger partial charge in [-0.05, 0) is 51.3 Å². The second-order valence-electron chi connectivity index (χ2n) is 8.15. The predicted molar refractivity (Wildman–Crippen MR) is 120 cm³/mol. The van der Waals surface area contributed by atoms with E-state index < -0.39 is 10.0 Å². The normalized spacial score (nSPS) is 15.0. The van der Waals surface area contributed by atoms with Crippen LogP contribution in [0, 0.1) is 20.8 Å². The molecule has 0 aliphatic carbocycles. The monoisotopic (exact) mass is 445 g/mol. The lowest BCUT2D eigenvalue weighted by Gasteiger charge is -2.27. The Morgan fingerprint density at radius 1 is 1.13 bits per heavy atom. The highest BCUT2D eigenvalue weighted by atomic mass is 32.2. The molecule has 1 fully saturated rings. The summed E-state index contributed by atoms with van der Waals surface area (Å²) < 4.78 is 33.3. The first-order valence-corrected chi connectivity index (χ1v) is 12.0. The first-order chi connectivity index (χ1) is 14.7. The fraction of sp³-hybridized carbons (Fsp3) is 0.478. The summed E-state index contributed by atoms with van der Waals surface area (Å²) in [6, 6.07) is 4.89. The van der Waals surface area contributed by atoms with E-state index in [2.05, 4.69) is 4.98 Å². The molecule has 0 bridgehead atoms. The second kappa shape index (κ2) is 9.36. The molecule has 31 heavy (non-hydrogen) atoms. The van der Waals surface area contributed by atoms with Crippen molar-refractivity contribution in [3.63, 3.8) is 0 Å². The molecule has 168 valence electrons. The van der Waals surface area contributed by atoms with Crippen molar-refractivity contribution >= 4 is 15.9 Å². The summed E-state index contributed by atoms with van der Waals surface area (Å²) in [7, 11) is -0.315. The van der Waals surface area contributed by atoms with Gasteiger partial charge in [0.1, 0.15) is 5.75 Å². The standard InChI is InChI=1S/C23H31N3O4S/c1-16-9-10-19(13-21(16)31(28,29)26-11-7-6-8-12-26)23(27)25(4)15-20-18(3)22(30-5)17(2)14-24-20/h9-10,13-14H,6-8,11-12,15H2,1-5H3. The molecule has 3 rings (SSSR count). The lowest BCUT2D eigenvalue weighted by atomic mass is 10.1. The third-order valence-electron chi connectivity index (χ3n) is 5.85. The van der Waals surface area contributed by atoms with E-state index in [4.69, 9.17) is 4.74 Å². The molecule has 7 nitrogen and oxygen atoms in total. The van der Waals surface area contributed by atoms with Crippen molar-refractivity contribution in [1.82, 2.24) is 14.2 Å². The van der Waals surface area contributed by atoms with Gasteiger partial charge in [-0.1, -0.05) is 12.5 Å². The number of aryl methyl sites for hydroxylation is 2. The zero-order valence-electron chi connectivity index (χ0n) is 18.9. The van der Waals surface area contributed by atoms with Crippen LogP contribution >= 0.6 is 0 Å². The molecule has 1 aliphatic rings. The van der Waals surface area contributed by atoms with Gasteiger partial charge in [0.2, 0.25) is 10.0 Å². The van der Waals surface area contributed by atoms with Crippen LogP contribution in [0.15, 0.2) is 29.3 Å². The SMILES string of the molecule is COc1c(C)cnc(CN(C)C(=O)c2ccc(C)c(S(=O)(=O)N3CCCCC3)c2)c1C. The van der Waals surface area contributed by atoms with E-state index in [9.17, 15) is 13.2 Å². The Morgan fingerprint density at radius 2 is 1.81 bits per heavy atom. The molecule has 0 spiro atoms. The van der Waals surface area contributed by atoms with Crippen molar-refractivity contribution in [3.8, 4) is 5.75 Å². The van der Waals surface area contributed by atoms with Crippen molar-refractivity contribution in [1.29, 1.82) is 0 Å². The van der Waals surface area contributed by atoms with Crippen LogP contribution in [0.3, 0.4) is 0 Å². The van der Waals surface area contributed by atoms with E-state index in [1.807, 2.05) is 13.8 Å². The minimum absolute atomic E-state index is 0.208. The summed E-state index contributed by atoms with van der Waals surface area (Å²) in [5.74, 6) is 0.506. The third kappa shape index (κ3) is 4.75. The maximum absolute atomic E-state index is 13.2. The molecule has 0 unspecified atom stereocenters. The summed E-state index contributed by atoms with van der Waals surface area (Å²) in [5.41, 5.74) is 3.56. The molecule has 0 N–H and O–H groups in total. The molecule has 8 heteroatoms. The van der Waals surface area contributed by atoms with Crippen molar-refractivity contribution in [2.45, 2.75) is 51.5 Å². The summed E-state index contributed by atoms with van der Waals surface area (Å²) in [6.45, 7) is 6.96. The number of pyridine rings is 1. The number of carbonyl (C=O) groups is 1. The zero-order chi connectivity index (χ0) is 22.8.